The number of hydrogen-bond acceptors (Lipinski definition) is 8. The molecule has 0 atom stereocenters. The molecule has 0 radical (unpaired) electrons. The van der Waals surface area contributed by atoms with Crippen molar-refractivity contribution in [2.45, 2.75) is 35.0 Å². The molecule has 2 N–H and O–H groups in total. The highest BCUT2D eigenvalue weighted by Crippen LogP contribution is 2.31. The zero-order valence-electron chi connectivity index (χ0n) is 17.7. The lowest BCUT2D eigenvalue weighted by molar-refractivity contribution is -0.138. The lowest BCUT2D eigenvalue weighted by Gasteiger charge is -2.18. The molecule has 0 fully saturated rings. The summed E-state index contributed by atoms with van der Waals surface area (Å²) in [4.78, 5) is -1.17. The molecule has 0 aromatic heterocycles. The molecule has 0 aliphatic heterocycles. The second-order valence-corrected chi connectivity index (χ2v) is 10.2. The molecule has 0 spiro atoms. The Bertz CT molecular complexity index is 1260. The van der Waals surface area contributed by atoms with E-state index in [1.54, 1.807) is 0 Å². The Morgan fingerprint density at radius 1 is 0.583 bits per heavy atom. The summed E-state index contributed by atoms with van der Waals surface area (Å²) in [5.41, 5.74) is 1.85. The van der Waals surface area contributed by atoms with Crippen LogP contribution in [0.1, 0.15) is 24.0 Å². The third-order valence-electron chi connectivity index (χ3n) is 4.62. The van der Waals surface area contributed by atoms with Crippen molar-refractivity contribution in [1.29, 1.82) is 0 Å². The molecule has 3 rings (SSSR count). The molecule has 1 aliphatic carbocycles. The van der Waals surface area contributed by atoms with Gasteiger partial charge in [-0.2, -0.15) is 43.2 Å². The average molecular weight is 558 g/mol. The maximum absolute atomic E-state index is 12.7. The number of benzene rings is 2. The van der Waals surface area contributed by atoms with Gasteiger partial charge in [-0.25, -0.2) is 11.0 Å². The smallest absolute Gasteiger partial charge is 0.247 e. The van der Waals surface area contributed by atoms with Crippen LogP contribution in [0, 0.1) is 0 Å². The maximum Gasteiger partial charge on any atom is 0.416 e. The van der Waals surface area contributed by atoms with Crippen LogP contribution in [0.25, 0.3) is 0 Å². The minimum absolute atomic E-state index is 0.0839. The Morgan fingerprint density at radius 2 is 0.889 bits per heavy atom. The lowest BCUT2D eigenvalue weighted by atomic mass is 10.1. The summed E-state index contributed by atoms with van der Waals surface area (Å²) in [6.45, 7) is 0. The summed E-state index contributed by atoms with van der Waals surface area (Å²) in [7, 11) is -9.15. The van der Waals surface area contributed by atoms with E-state index in [0.29, 0.717) is 61.4 Å². The van der Waals surface area contributed by atoms with Crippen LogP contribution in [0.4, 0.5) is 26.3 Å². The topological polar surface area (TPSA) is 111 Å². The van der Waals surface area contributed by atoms with E-state index >= 15 is 0 Å². The molecule has 196 valence electrons. The molecule has 8 nitrogen and oxygen atoms in total. The fourth-order valence-electron chi connectivity index (χ4n) is 2.79. The standard InChI is InChI=1S/C20H16F6N2O6S2/c21-19(22,23)13-5-9-15(10-6-13)35(29,30)33-27-17-3-1-2-4-18(17)28-34-36(31,32)16-11-7-14(8-12-16)20(24,25)26/h3-12,27-28H,1-2H2. The van der Waals surface area contributed by atoms with Gasteiger partial charge in [-0.05, 0) is 61.4 Å². The van der Waals surface area contributed by atoms with Crippen molar-refractivity contribution in [3.8, 4) is 0 Å². The van der Waals surface area contributed by atoms with Crippen LogP contribution >= 0.6 is 0 Å². The average Bonchev–Trinajstić information content (AvgIpc) is 2.81. The molecule has 0 saturated heterocycles. The predicted molar refractivity (Wildman–Crippen MR) is 111 cm³/mol. The number of allylic oxidation sites excluding steroid dienone is 2. The number of alkyl halides is 6. The fourth-order valence-corrected chi connectivity index (χ4v) is 4.32. The Hall–Kier alpha value is -3.08. The number of halogens is 6. The van der Waals surface area contributed by atoms with Gasteiger partial charge < -0.3 is 0 Å². The van der Waals surface area contributed by atoms with Gasteiger partial charge in [0.25, 0.3) is 0 Å². The molecule has 2 aromatic rings. The first-order chi connectivity index (χ1) is 16.6. The molecule has 0 unspecified atom stereocenters. The first kappa shape index (κ1) is 27.5. The largest absolute Gasteiger partial charge is 0.416 e. The SMILES string of the molecule is O=S(=O)(ONC1=CCCC=C1NOS(=O)(=O)c1ccc(C(F)(F)F)cc1)c1ccc(C(F)(F)F)cc1. The van der Waals surface area contributed by atoms with Gasteiger partial charge in [-0.3, -0.25) is 0 Å². The monoisotopic (exact) mass is 558 g/mol. The van der Waals surface area contributed by atoms with Crippen molar-refractivity contribution < 1.29 is 51.7 Å². The first-order valence-corrected chi connectivity index (χ1v) is 12.6. The summed E-state index contributed by atoms with van der Waals surface area (Å²) in [5, 5.41) is 0. The predicted octanol–water partition coefficient (Wildman–Crippen LogP) is 4.41. The molecule has 0 bridgehead atoms. The van der Waals surface area contributed by atoms with Crippen molar-refractivity contribution in [1.82, 2.24) is 11.0 Å². The third kappa shape index (κ3) is 6.77. The zero-order valence-corrected chi connectivity index (χ0v) is 19.4. The van der Waals surface area contributed by atoms with Gasteiger partial charge in [-0.15, -0.1) is 8.57 Å². The van der Waals surface area contributed by atoms with Crippen molar-refractivity contribution in [3.63, 3.8) is 0 Å². The number of hydrogen-bond donors (Lipinski definition) is 2. The second-order valence-electron chi connectivity index (χ2n) is 7.14. The maximum atomic E-state index is 12.7. The first-order valence-electron chi connectivity index (χ1n) is 9.74. The van der Waals surface area contributed by atoms with Gasteiger partial charge in [-0.1, -0.05) is 12.2 Å². The van der Waals surface area contributed by atoms with E-state index in [1.807, 2.05) is 0 Å². The van der Waals surface area contributed by atoms with E-state index in [4.69, 9.17) is 0 Å². The number of rotatable bonds is 8. The van der Waals surface area contributed by atoms with Gasteiger partial charge >= 0.3 is 32.6 Å². The van der Waals surface area contributed by atoms with Crippen LogP contribution in [0.15, 0.2) is 81.9 Å². The highest BCUT2D eigenvalue weighted by molar-refractivity contribution is 7.87. The molecule has 0 amide bonds. The van der Waals surface area contributed by atoms with E-state index in [0.717, 1.165) is 0 Å². The van der Waals surface area contributed by atoms with Crippen LogP contribution in [0.3, 0.4) is 0 Å². The van der Waals surface area contributed by atoms with Gasteiger partial charge in [0.2, 0.25) is 0 Å². The van der Waals surface area contributed by atoms with E-state index in [-0.39, 0.29) is 11.4 Å². The lowest BCUT2D eigenvalue weighted by Crippen LogP contribution is -2.29. The van der Waals surface area contributed by atoms with Crippen molar-refractivity contribution in [2.24, 2.45) is 0 Å². The van der Waals surface area contributed by atoms with Gasteiger partial charge in [0.1, 0.15) is 0 Å². The van der Waals surface area contributed by atoms with Crippen LogP contribution < -0.4 is 11.0 Å². The van der Waals surface area contributed by atoms with E-state index in [9.17, 15) is 43.2 Å². The Kier molecular flexibility index (Phi) is 7.73. The normalized spacial score (nSPS) is 15.2. The molecular weight excluding hydrogens is 542 g/mol. The van der Waals surface area contributed by atoms with Crippen LogP contribution in [0.2, 0.25) is 0 Å². The molecule has 0 saturated carbocycles. The Labute approximate surface area is 201 Å². The van der Waals surface area contributed by atoms with Gasteiger partial charge in [0.05, 0.1) is 32.3 Å². The van der Waals surface area contributed by atoms with Gasteiger partial charge in [0, 0.05) is 0 Å². The molecule has 36 heavy (non-hydrogen) atoms. The highest BCUT2D eigenvalue weighted by Gasteiger charge is 2.32. The summed E-state index contributed by atoms with van der Waals surface area (Å²) >= 11 is 0. The summed E-state index contributed by atoms with van der Waals surface area (Å²) in [6, 6.07) is 5.03. The molecule has 0 heterocycles. The minimum atomic E-state index is -4.67. The van der Waals surface area contributed by atoms with Crippen molar-refractivity contribution in [3.05, 3.63) is 83.2 Å². The number of nitrogens with one attached hydrogen (secondary N) is 2. The van der Waals surface area contributed by atoms with Gasteiger partial charge in [0.15, 0.2) is 0 Å². The van der Waals surface area contributed by atoms with Crippen molar-refractivity contribution in [2.75, 3.05) is 0 Å². The molecule has 16 heteroatoms. The minimum Gasteiger partial charge on any atom is -0.247 e. The second kappa shape index (κ2) is 10.1. The number of hydroxylamine groups is 2. The van der Waals surface area contributed by atoms with E-state index < -0.39 is 53.5 Å². The zero-order chi connectivity index (χ0) is 26.8. The molecule has 1 aliphatic rings. The molecular formula is C20H16F6N2O6S2. The molecule has 2 aromatic carbocycles. The summed E-state index contributed by atoms with van der Waals surface area (Å²) in [5.74, 6) is 0. The Morgan fingerprint density at radius 3 is 1.17 bits per heavy atom. The highest BCUT2D eigenvalue weighted by atomic mass is 32.2. The summed E-state index contributed by atoms with van der Waals surface area (Å²) in [6.07, 6.45) is -5.75. The fraction of sp³-hybridized carbons (Fsp3) is 0.200. The van der Waals surface area contributed by atoms with Crippen molar-refractivity contribution >= 4 is 20.2 Å². The Balaban J connectivity index is 1.65. The third-order valence-corrected chi connectivity index (χ3v) is 6.92. The van der Waals surface area contributed by atoms with Crippen LogP contribution in [0.5, 0.6) is 0 Å². The van der Waals surface area contributed by atoms with E-state index in [1.165, 1.54) is 12.2 Å². The van der Waals surface area contributed by atoms with Crippen LogP contribution in [-0.2, 0) is 41.2 Å². The van der Waals surface area contributed by atoms with Crippen LogP contribution in [-0.4, -0.2) is 16.8 Å². The summed E-state index contributed by atoms with van der Waals surface area (Å²) < 4.78 is 135. The quantitative estimate of drug-likeness (QED) is 0.362. The van der Waals surface area contributed by atoms with E-state index in [2.05, 4.69) is 19.5 Å².